The summed E-state index contributed by atoms with van der Waals surface area (Å²) >= 11 is 0. The second-order valence-electron chi connectivity index (χ2n) is 6.44. The molecule has 96 valence electrons. The fourth-order valence-corrected chi connectivity index (χ4v) is 4.48. The Morgan fingerprint density at radius 2 is 2.17 bits per heavy atom. The first-order chi connectivity index (χ1) is 8.90. The van der Waals surface area contributed by atoms with Gasteiger partial charge in [0.2, 0.25) is 0 Å². The fraction of sp³-hybridized carbons (Fsp3) is 0.688. The summed E-state index contributed by atoms with van der Waals surface area (Å²) in [5.41, 5.74) is 2.82. The van der Waals surface area contributed by atoms with Crippen molar-refractivity contribution in [2.75, 3.05) is 0 Å². The van der Waals surface area contributed by atoms with E-state index in [4.69, 9.17) is 0 Å². The minimum Gasteiger partial charge on any atom is -0.306 e. The largest absolute Gasteiger partial charge is 0.306 e. The van der Waals surface area contributed by atoms with Crippen molar-refractivity contribution in [2.24, 2.45) is 11.8 Å². The molecule has 18 heavy (non-hydrogen) atoms. The van der Waals surface area contributed by atoms with E-state index in [1.54, 1.807) is 0 Å². The van der Waals surface area contributed by atoms with Crippen LogP contribution in [0.1, 0.15) is 55.8 Å². The van der Waals surface area contributed by atoms with Crippen molar-refractivity contribution in [2.45, 2.75) is 57.0 Å². The van der Waals surface area contributed by atoms with Gasteiger partial charge in [0, 0.05) is 18.3 Å². The van der Waals surface area contributed by atoms with Gasteiger partial charge in [0.25, 0.3) is 0 Å². The highest BCUT2D eigenvalue weighted by atomic mass is 15.0. The average molecular weight is 242 g/mol. The van der Waals surface area contributed by atoms with Crippen LogP contribution in [0.15, 0.2) is 18.3 Å². The lowest BCUT2D eigenvalue weighted by molar-refractivity contribution is 0.301. The van der Waals surface area contributed by atoms with Crippen LogP contribution < -0.4 is 5.32 Å². The summed E-state index contributed by atoms with van der Waals surface area (Å²) in [7, 11) is 0. The number of fused-ring (bicyclic) bond motifs is 3. The summed E-state index contributed by atoms with van der Waals surface area (Å²) in [5.74, 6) is 1.99. The van der Waals surface area contributed by atoms with Crippen LogP contribution in [0.2, 0.25) is 0 Å². The quantitative estimate of drug-likeness (QED) is 0.861. The number of pyridine rings is 1. The van der Waals surface area contributed by atoms with Gasteiger partial charge < -0.3 is 5.32 Å². The Labute approximate surface area is 109 Å². The van der Waals surface area contributed by atoms with E-state index < -0.39 is 0 Å². The summed E-state index contributed by atoms with van der Waals surface area (Å²) < 4.78 is 0. The van der Waals surface area contributed by atoms with E-state index in [2.05, 4.69) is 22.4 Å². The number of aryl methyl sites for hydroxylation is 1. The smallest absolute Gasteiger partial charge is 0.0605 e. The van der Waals surface area contributed by atoms with Crippen LogP contribution in [0.4, 0.5) is 0 Å². The Hall–Kier alpha value is -0.890. The predicted molar refractivity (Wildman–Crippen MR) is 72.3 cm³/mol. The standard InChI is InChI=1S/C16H22N2/c1-3-12-4-2-8-17-16(12)14(5-1)18-15-10-11-6-7-13(15)9-11/h2,4,8,11,13-15,18H,1,3,5-7,9-10H2. The van der Waals surface area contributed by atoms with Crippen molar-refractivity contribution in [3.63, 3.8) is 0 Å². The molecule has 4 atom stereocenters. The van der Waals surface area contributed by atoms with Crippen LogP contribution in [0, 0.1) is 11.8 Å². The molecule has 1 aromatic heterocycles. The third kappa shape index (κ3) is 1.78. The minimum atomic E-state index is 0.527. The van der Waals surface area contributed by atoms with Gasteiger partial charge >= 0.3 is 0 Å². The van der Waals surface area contributed by atoms with Gasteiger partial charge in [-0.25, -0.2) is 0 Å². The molecule has 0 aromatic carbocycles. The summed E-state index contributed by atoms with van der Waals surface area (Å²) in [4.78, 5) is 4.64. The molecule has 0 spiro atoms. The number of rotatable bonds is 2. The molecular weight excluding hydrogens is 220 g/mol. The highest BCUT2D eigenvalue weighted by Gasteiger charge is 2.40. The van der Waals surface area contributed by atoms with Crippen LogP contribution in [-0.4, -0.2) is 11.0 Å². The maximum atomic E-state index is 4.64. The lowest BCUT2D eigenvalue weighted by atomic mass is 9.89. The first-order valence-corrected chi connectivity index (χ1v) is 7.60. The molecule has 0 saturated heterocycles. The van der Waals surface area contributed by atoms with Gasteiger partial charge in [-0.2, -0.15) is 0 Å². The molecule has 4 rings (SSSR count). The Morgan fingerprint density at radius 1 is 1.17 bits per heavy atom. The molecular formula is C16H22N2. The van der Waals surface area contributed by atoms with Crippen LogP contribution >= 0.6 is 0 Å². The van der Waals surface area contributed by atoms with Crippen molar-refractivity contribution >= 4 is 0 Å². The summed E-state index contributed by atoms with van der Waals surface area (Å²) in [6.45, 7) is 0. The second kappa shape index (κ2) is 4.34. The Kier molecular flexibility index (Phi) is 2.65. The lowest BCUT2D eigenvalue weighted by Gasteiger charge is -2.31. The number of aromatic nitrogens is 1. The molecule has 2 bridgehead atoms. The van der Waals surface area contributed by atoms with E-state index in [-0.39, 0.29) is 0 Å². The van der Waals surface area contributed by atoms with E-state index in [0.29, 0.717) is 6.04 Å². The van der Waals surface area contributed by atoms with Gasteiger partial charge in [0.1, 0.15) is 0 Å². The van der Waals surface area contributed by atoms with Crippen LogP contribution in [0.3, 0.4) is 0 Å². The zero-order valence-corrected chi connectivity index (χ0v) is 10.9. The average Bonchev–Trinajstić information content (AvgIpc) is 3.01. The fourth-order valence-electron chi connectivity index (χ4n) is 4.48. The van der Waals surface area contributed by atoms with Gasteiger partial charge in [-0.3, -0.25) is 4.98 Å². The zero-order valence-electron chi connectivity index (χ0n) is 10.9. The van der Waals surface area contributed by atoms with Gasteiger partial charge in [-0.05, 0) is 62.0 Å². The van der Waals surface area contributed by atoms with Crippen LogP contribution in [0.25, 0.3) is 0 Å². The predicted octanol–water partition coefficient (Wildman–Crippen LogP) is 3.24. The van der Waals surface area contributed by atoms with E-state index in [1.807, 2.05) is 6.20 Å². The molecule has 2 fully saturated rings. The molecule has 0 radical (unpaired) electrons. The molecule has 1 N–H and O–H groups in total. The highest BCUT2D eigenvalue weighted by Crippen LogP contribution is 2.45. The second-order valence-corrected chi connectivity index (χ2v) is 6.44. The Bertz CT molecular complexity index is 442. The summed E-state index contributed by atoms with van der Waals surface area (Å²) in [6.07, 6.45) is 11.6. The topological polar surface area (TPSA) is 24.9 Å². The van der Waals surface area contributed by atoms with E-state index >= 15 is 0 Å². The van der Waals surface area contributed by atoms with Gasteiger partial charge in [0.05, 0.1) is 5.69 Å². The van der Waals surface area contributed by atoms with Crippen LogP contribution in [-0.2, 0) is 6.42 Å². The van der Waals surface area contributed by atoms with Crippen molar-refractivity contribution in [1.29, 1.82) is 0 Å². The molecule has 2 heteroatoms. The molecule has 2 nitrogen and oxygen atoms in total. The zero-order chi connectivity index (χ0) is 11.9. The van der Waals surface area contributed by atoms with Gasteiger partial charge in [-0.15, -0.1) is 0 Å². The molecule has 4 unspecified atom stereocenters. The molecule has 3 aliphatic rings. The SMILES string of the molecule is c1cnc2c(c1)CCCC2NC1CC2CCC1C2. The van der Waals surface area contributed by atoms with Crippen molar-refractivity contribution < 1.29 is 0 Å². The Balaban J connectivity index is 1.53. The molecule has 1 heterocycles. The van der Waals surface area contributed by atoms with Crippen molar-refractivity contribution in [3.05, 3.63) is 29.6 Å². The highest BCUT2D eigenvalue weighted by molar-refractivity contribution is 5.25. The lowest BCUT2D eigenvalue weighted by Crippen LogP contribution is -2.38. The van der Waals surface area contributed by atoms with Crippen molar-refractivity contribution in [1.82, 2.24) is 10.3 Å². The normalized spacial score (nSPS) is 37.8. The number of nitrogens with one attached hydrogen (secondary N) is 1. The molecule has 0 aliphatic heterocycles. The first kappa shape index (κ1) is 11.0. The maximum absolute atomic E-state index is 4.64. The van der Waals surface area contributed by atoms with Crippen LogP contribution in [0.5, 0.6) is 0 Å². The summed E-state index contributed by atoms with van der Waals surface area (Å²) in [6, 6.07) is 5.65. The van der Waals surface area contributed by atoms with E-state index in [0.717, 1.165) is 17.9 Å². The molecule has 3 aliphatic carbocycles. The third-order valence-corrected chi connectivity index (χ3v) is 5.35. The Morgan fingerprint density at radius 3 is 3.00 bits per heavy atom. The maximum Gasteiger partial charge on any atom is 0.0605 e. The number of nitrogens with zero attached hydrogens (tertiary/aromatic N) is 1. The third-order valence-electron chi connectivity index (χ3n) is 5.35. The van der Waals surface area contributed by atoms with E-state index in [1.165, 1.54) is 56.2 Å². The first-order valence-electron chi connectivity index (χ1n) is 7.60. The molecule has 1 aromatic rings. The van der Waals surface area contributed by atoms with E-state index in [9.17, 15) is 0 Å². The molecule has 0 amide bonds. The summed E-state index contributed by atoms with van der Waals surface area (Å²) in [5, 5.41) is 3.94. The minimum absolute atomic E-state index is 0.527. The number of hydrogen-bond acceptors (Lipinski definition) is 2. The number of hydrogen-bond donors (Lipinski definition) is 1. The van der Waals surface area contributed by atoms with Crippen molar-refractivity contribution in [3.8, 4) is 0 Å². The monoisotopic (exact) mass is 242 g/mol. The molecule has 2 saturated carbocycles. The van der Waals surface area contributed by atoms with Gasteiger partial charge in [-0.1, -0.05) is 12.5 Å². The van der Waals surface area contributed by atoms with Gasteiger partial charge in [0.15, 0.2) is 0 Å².